The van der Waals surface area contributed by atoms with Gasteiger partial charge in [0.2, 0.25) is 0 Å². The molecular formula is C17H18BrNO6. The summed E-state index contributed by atoms with van der Waals surface area (Å²) in [5.41, 5.74) is -1.78. The number of pyridine rings is 1. The number of aromatic nitrogens is 1. The lowest BCUT2D eigenvalue weighted by atomic mass is 10.1. The number of halogens is 1. The molecule has 1 aromatic carbocycles. The number of carbonyl (C=O) groups is 2. The molecule has 0 saturated heterocycles. The summed E-state index contributed by atoms with van der Waals surface area (Å²) in [5, 5.41) is 10.6. The lowest BCUT2D eigenvalue weighted by Gasteiger charge is -2.20. The second-order valence-electron chi connectivity index (χ2n) is 6.35. The normalized spacial score (nSPS) is 11.4. The first-order valence-electron chi connectivity index (χ1n) is 7.40. The number of hydrogen-bond acceptors (Lipinski definition) is 6. The van der Waals surface area contributed by atoms with Crippen molar-refractivity contribution in [2.24, 2.45) is 0 Å². The molecule has 7 nitrogen and oxygen atoms in total. The summed E-state index contributed by atoms with van der Waals surface area (Å²) in [6.45, 7) is 4.72. The van der Waals surface area contributed by atoms with Crippen LogP contribution >= 0.6 is 15.9 Å². The van der Waals surface area contributed by atoms with E-state index in [0.29, 0.717) is 9.99 Å². The Bertz CT molecular complexity index is 910. The maximum absolute atomic E-state index is 12.7. The van der Waals surface area contributed by atoms with Crippen LogP contribution in [-0.4, -0.2) is 34.3 Å². The molecule has 0 fully saturated rings. The third-order valence-corrected chi connectivity index (χ3v) is 3.79. The third kappa shape index (κ3) is 4.01. The first kappa shape index (κ1) is 19.0. The van der Waals surface area contributed by atoms with Crippen molar-refractivity contribution < 1.29 is 24.2 Å². The molecule has 1 N–H and O–H groups in total. The average Bonchev–Trinajstić information content (AvgIpc) is 2.49. The molecule has 0 unspecified atom stereocenters. The quantitative estimate of drug-likeness (QED) is 0.779. The van der Waals surface area contributed by atoms with E-state index in [4.69, 9.17) is 4.74 Å². The van der Waals surface area contributed by atoms with Crippen LogP contribution in [0.3, 0.4) is 0 Å². The fourth-order valence-corrected chi connectivity index (χ4v) is 2.72. The number of rotatable bonds is 3. The van der Waals surface area contributed by atoms with E-state index in [9.17, 15) is 19.5 Å². The standard InChI is InChI=1S/C17H18BrNO6/c1-17(2,3)25-12(20)8-19-11-6-5-9(18)7-10(11)14(21)13(15(19)22)16(23)24-4/h5-7,21H,8H2,1-4H3. The number of fused-ring (bicyclic) bond motifs is 1. The molecule has 1 heterocycles. The number of ether oxygens (including phenoxy) is 2. The van der Waals surface area contributed by atoms with Gasteiger partial charge in [-0.2, -0.15) is 0 Å². The van der Waals surface area contributed by atoms with Gasteiger partial charge in [0.1, 0.15) is 17.9 Å². The van der Waals surface area contributed by atoms with Gasteiger partial charge < -0.3 is 14.6 Å². The maximum Gasteiger partial charge on any atom is 0.347 e. The minimum atomic E-state index is -0.984. The fraction of sp³-hybridized carbons (Fsp3) is 0.353. The Morgan fingerprint density at radius 1 is 1.28 bits per heavy atom. The number of carbonyl (C=O) groups excluding carboxylic acids is 2. The third-order valence-electron chi connectivity index (χ3n) is 3.30. The molecule has 25 heavy (non-hydrogen) atoms. The average molecular weight is 412 g/mol. The van der Waals surface area contributed by atoms with E-state index in [1.807, 2.05) is 0 Å². The minimum absolute atomic E-state index is 0.234. The molecule has 0 aliphatic rings. The second-order valence-corrected chi connectivity index (χ2v) is 7.27. The summed E-state index contributed by atoms with van der Waals surface area (Å²) in [7, 11) is 1.10. The van der Waals surface area contributed by atoms with Gasteiger partial charge in [-0.1, -0.05) is 15.9 Å². The monoisotopic (exact) mass is 411 g/mol. The molecule has 0 aliphatic heterocycles. The van der Waals surface area contributed by atoms with E-state index in [0.717, 1.165) is 11.7 Å². The van der Waals surface area contributed by atoms with Crippen LogP contribution in [-0.2, 0) is 20.8 Å². The van der Waals surface area contributed by atoms with Crippen LogP contribution in [0.5, 0.6) is 5.75 Å². The molecule has 2 aromatic rings. The van der Waals surface area contributed by atoms with Gasteiger partial charge in [0, 0.05) is 9.86 Å². The Morgan fingerprint density at radius 2 is 1.92 bits per heavy atom. The van der Waals surface area contributed by atoms with Crippen molar-refractivity contribution in [2.75, 3.05) is 7.11 Å². The highest BCUT2D eigenvalue weighted by atomic mass is 79.9. The van der Waals surface area contributed by atoms with Crippen molar-refractivity contribution in [1.29, 1.82) is 0 Å². The smallest absolute Gasteiger partial charge is 0.347 e. The van der Waals surface area contributed by atoms with Crippen LogP contribution in [0, 0.1) is 0 Å². The largest absolute Gasteiger partial charge is 0.506 e. The molecule has 1 aromatic heterocycles. The minimum Gasteiger partial charge on any atom is -0.506 e. The van der Waals surface area contributed by atoms with E-state index in [2.05, 4.69) is 20.7 Å². The van der Waals surface area contributed by atoms with Gasteiger partial charge in [-0.25, -0.2) is 4.79 Å². The van der Waals surface area contributed by atoms with Crippen molar-refractivity contribution in [2.45, 2.75) is 32.9 Å². The first-order chi connectivity index (χ1) is 11.5. The lowest BCUT2D eigenvalue weighted by molar-refractivity contribution is -0.155. The van der Waals surface area contributed by atoms with Gasteiger partial charge in [-0.3, -0.25) is 14.2 Å². The van der Waals surface area contributed by atoms with Crippen LogP contribution < -0.4 is 5.56 Å². The van der Waals surface area contributed by atoms with E-state index in [1.54, 1.807) is 39.0 Å². The molecule has 134 valence electrons. The molecule has 0 spiro atoms. The van der Waals surface area contributed by atoms with E-state index < -0.39 is 41.0 Å². The number of nitrogens with zero attached hydrogens (tertiary/aromatic N) is 1. The lowest BCUT2D eigenvalue weighted by Crippen LogP contribution is -2.33. The Balaban J connectivity index is 2.71. The summed E-state index contributed by atoms with van der Waals surface area (Å²) in [5.74, 6) is -2.11. The number of benzene rings is 1. The zero-order valence-corrected chi connectivity index (χ0v) is 15.8. The van der Waals surface area contributed by atoms with Crippen LogP contribution in [0.2, 0.25) is 0 Å². The topological polar surface area (TPSA) is 94.8 Å². The van der Waals surface area contributed by atoms with Gasteiger partial charge >= 0.3 is 11.9 Å². The Hall–Kier alpha value is -2.35. The predicted octanol–water partition coefficient (Wildman–Crippen LogP) is 2.60. The number of esters is 2. The van der Waals surface area contributed by atoms with Crippen LogP contribution in [0.1, 0.15) is 31.1 Å². The van der Waals surface area contributed by atoms with Gasteiger partial charge in [-0.15, -0.1) is 0 Å². The Labute approximate surface area is 152 Å². The van der Waals surface area contributed by atoms with E-state index in [1.165, 1.54) is 0 Å². The van der Waals surface area contributed by atoms with Crippen molar-refractivity contribution in [3.8, 4) is 5.75 Å². The fourth-order valence-electron chi connectivity index (χ4n) is 2.36. The molecule has 0 amide bonds. The summed E-state index contributed by atoms with van der Waals surface area (Å²) in [4.78, 5) is 36.8. The number of hydrogen-bond donors (Lipinski definition) is 1. The van der Waals surface area contributed by atoms with Crippen molar-refractivity contribution in [3.63, 3.8) is 0 Å². The molecule has 2 rings (SSSR count). The van der Waals surface area contributed by atoms with E-state index in [-0.39, 0.29) is 5.39 Å². The van der Waals surface area contributed by atoms with Crippen molar-refractivity contribution in [1.82, 2.24) is 4.57 Å². The molecule has 0 radical (unpaired) electrons. The van der Waals surface area contributed by atoms with Crippen molar-refractivity contribution in [3.05, 3.63) is 38.6 Å². The Kier molecular flexibility index (Phi) is 5.22. The highest BCUT2D eigenvalue weighted by Crippen LogP contribution is 2.29. The SMILES string of the molecule is COC(=O)c1c(O)c2cc(Br)ccc2n(CC(=O)OC(C)(C)C)c1=O. The molecular weight excluding hydrogens is 394 g/mol. The number of aromatic hydroxyl groups is 1. The van der Waals surface area contributed by atoms with Gasteiger partial charge in [0.15, 0.2) is 5.56 Å². The first-order valence-corrected chi connectivity index (χ1v) is 8.19. The maximum atomic E-state index is 12.7. The van der Waals surface area contributed by atoms with Crippen LogP contribution in [0.25, 0.3) is 10.9 Å². The predicted molar refractivity (Wildman–Crippen MR) is 94.8 cm³/mol. The van der Waals surface area contributed by atoms with Gasteiger partial charge in [0.05, 0.1) is 12.6 Å². The zero-order valence-electron chi connectivity index (χ0n) is 14.3. The molecule has 0 bridgehead atoms. The summed E-state index contributed by atoms with van der Waals surface area (Å²) < 4.78 is 11.5. The molecule has 0 aliphatic carbocycles. The van der Waals surface area contributed by atoms with Gasteiger partial charge in [-0.05, 0) is 39.0 Å². The second kappa shape index (κ2) is 6.87. The highest BCUT2D eigenvalue weighted by Gasteiger charge is 2.25. The number of methoxy groups -OCH3 is 1. The van der Waals surface area contributed by atoms with Crippen LogP contribution in [0.15, 0.2) is 27.5 Å². The van der Waals surface area contributed by atoms with Gasteiger partial charge in [0.25, 0.3) is 5.56 Å². The Morgan fingerprint density at radius 3 is 2.48 bits per heavy atom. The molecule has 0 saturated carbocycles. The molecule has 0 atom stereocenters. The van der Waals surface area contributed by atoms with E-state index >= 15 is 0 Å². The summed E-state index contributed by atoms with van der Waals surface area (Å²) in [6.07, 6.45) is 0. The summed E-state index contributed by atoms with van der Waals surface area (Å²) >= 11 is 3.27. The summed E-state index contributed by atoms with van der Waals surface area (Å²) in [6, 6.07) is 4.76. The van der Waals surface area contributed by atoms with Crippen molar-refractivity contribution >= 4 is 38.8 Å². The van der Waals surface area contributed by atoms with Crippen LogP contribution in [0.4, 0.5) is 0 Å². The molecule has 8 heteroatoms. The highest BCUT2D eigenvalue weighted by molar-refractivity contribution is 9.10. The zero-order chi connectivity index (χ0) is 18.9.